The third kappa shape index (κ3) is 2.37. The Labute approximate surface area is 89.5 Å². The highest BCUT2D eigenvalue weighted by molar-refractivity contribution is 5.93. The van der Waals surface area contributed by atoms with E-state index in [2.05, 4.69) is 22.4 Å². The highest BCUT2D eigenvalue weighted by Gasteiger charge is 2.23. The quantitative estimate of drug-likeness (QED) is 0.792. The number of nitrogens with zero attached hydrogens (tertiary/aromatic N) is 1. The summed E-state index contributed by atoms with van der Waals surface area (Å²) in [6.45, 7) is 2.09. The van der Waals surface area contributed by atoms with Crippen LogP contribution in [0.3, 0.4) is 0 Å². The Morgan fingerprint density at radius 2 is 2.33 bits per heavy atom. The Kier molecular flexibility index (Phi) is 3.04. The lowest BCUT2D eigenvalue weighted by molar-refractivity contribution is 0.0927. The van der Waals surface area contributed by atoms with Gasteiger partial charge in [0.2, 0.25) is 0 Å². The van der Waals surface area contributed by atoms with Gasteiger partial charge in [-0.2, -0.15) is 5.10 Å². The van der Waals surface area contributed by atoms with Gasteiger partial charge in [-0.1, -0.05) is 12.8 Å². The van der Waals surface area contributed by atoms with Crippen LogP contribution in [0.15, 0.2) is 12.4 Å². The molecule has 1 atom stereocenters. The monoisotopic (exact) mass is 207 g/mol. The van der Waals surface area contributed by atoms with Gasteiger partial charge in [0.05, 0.1) is 11.8 Å². The van der Waals surface area contributed by atoms with Crippen LogP contribution in [-0.2, 0) is 0 Å². The molecule has 1 heterocycles. The topological polar surface area (TPSA) is 57.8 Å². The van der Waals surface area contributed by atoms with Crippen LogP contribution < -0.4 is 5.32 Å². The smallest absolute Gasteiger partial charge is 0.254 e. The van der Waals surface area contributed by atoms with Crippen molar-refractivity contribution in [3.63, 3.8) is 0 Å². The first kappa shape index (κ1) is 10.2. The average Bonchev–Trinajstić information content (AvgIpc) is 2.91. The van der Waals surface area contributed by atoms with Gasteiger partial charge in [-0.3, -0.25) is 9.89 Å². The normalized spacial score (nSPS) is 19.0. The van der Waals surface area contributed by atoms with Gasteiger partial charge in [0.1, 0.15) is 0 Å². The Morgan fingerprint density at radius 3 is 2.93 bits per heavy atom. The Balaban J connectivity index is 1.88. The zero-order chi connectivity index (χ0) is 10.7. The van der Waals surface area contributed by atoms with Crippen molar-refractivity contribution >= 4 is 5.91 Å². The first-order valence-electron chi connectivity index (χ1n) is 5.57. The third-order valence-electron chi connectivity index (χ3n) is 3.23. The third-order valence-corrected chi connectivity index (χ3v) is 3.23. The van der Waals surface area contributed by atoms with Crippen molar-refractivity contribution in [1.29, 1.82) is 0 Å². The van der Waals surface area contributed by atoms with E-state index in [4.69, 9.17) is 0 Å². The predicted molar refractivity (Wildman–Crippen MR) is 57.5 cm³/mol. The molecular formula is C11H17N3O. The maximum absolute atomic E-state index is 11.7. The minimum absolute atomic E-state index is 0.0249. The van der Waals surface area contributed by atoms with Crippen molar-refractivity contribution < 1.29 is 4.79 Å². The molecule has 0 bridgehead atoms. The van der Waals surface area contributed by atoms with Crippen molar-refractivity contribution in [2.45, 2.75) is 38.6 Å². The molecule has 2 N–H and O–H groups in total. The molecule has 1 saturated carbocycles. The minimum Gasteiger partial charge on any atom is -0.349 e. The summed E-state index contributed by atoms with van der Waals surface area (Å²) in [4.78, 5) is 11.7. The largest absolute Gasteiger partial charge is 0.349 e. The molecule has 0 aliphatic heterocycles. The summed E-state index contributed by atoms with van der Waals surface area (Å²) in [6, 6.07) is 0.273. The Hall–Kier alpha value is -1.32. The fraction of sp³-hybridized carbons (Fsp3) is 0.636. The fourth-order valence-electron chi connectivity index (χ4n) is 2.24. The predicted octanol–water partition coefficient (Wildman–Crippen LogP) is 1.72. The molecule has 1 aromatic rings. The molecule has 82 valence electrons. The summed E-state index contributed by atoms with van der Waals surface area (Å²) in [6.07, 6.45) is 8.26. The molecule has 0 spiro atoms. The second kappa shape index (κ2) is 4.47. The molecule has 1 aliphatic carbocycles. The maximum Gasteiger partial charge on any atom is 0.254 e. The number of hydrogen-bond donors (Lipinski definition) is 2. The van der Waals surface area contributed by atoms with Gasteiger partial charge in [-0.05, 0) is 25.7 Å². The minimum atomic E-state index is -0.0249. The molecule has 4 heteroatoms. The van der Waals surface area contributed by atoms with Crippen LogP contribution in [0.5, 0.6) is 0 Å². The molecule has 0 saturated heterocycles. The Bertz CT molecular complexity index is 315. The van der Waals surface area contributed by atoms with E-state index in [9.17, 15) is 4.79 Å². The molecule has 0 radical (unpaired) electrons. The molecule has 1 aliphatic rings. The molecule has 1 unspecified atom stereocenters. The van der Waals surface area contributed by atoms with Crippen LogP contribution in [0.25, 0.3) is 0 Å². The van der Waals surface area contributed by atoms with Crippen molar-refractivity contribution in [1.82, 2.24) is 15.5 Å². The molecule has 4 nitrogen and oxygen atoms in total. The molecule has 2 rings (SSSR count). The number of aromatic nitrogens is 2. The molecule has 1 amide bonds. The summed E-state index contributed by atoms with van der Waals surface area (Å²) in [7, 11) is 0. The number of carbonyl (C=O) groups excluding carboxylic acids is 1. The van der Waals surface area contributed by atoms with Crippen molar-refractivity contribution in [3.8, 4) is 0 Å². The first-order valence-corrected chi connectivity index (χ1v) is 5.57. The molecule has 0 aromatic carbocycles. The van der Waals surface area contributed by atoms with Gasteiger partial charge < -0.3 is 5.32 Å². The van der Waals surface area contributed by atoms with E-state index in [1.54, 1.807) is 12.4 Å². The molecule has 1 fully saturated rings. The maximum atomic E-state index is 11.7. The highest BCUT2D eigenvalue weighted by Crippen LogP contribution is 2.27. The summed E-state index contributed by atoms with van der Waals surface area (Å²) >= 11 is 0. The fourth-order valence-corrected chi connectivity index (χ4v) is 2.24. The SMILES string of the molecule is CC(NC(=O)c1cn[nH]c1)C1CCCC1. The van der Waals surface area contributed by atoms with Crippen LogP contribution in [0, 0.1) is 5.92 Å². The summed E-state index contributed by atoms with van der Waals surface area (Å²) in [5.74, 6) is 0.629. The zero-order valence-corrected chi connectivity index (χ0v) is 8.99. The van der Waals surface area contributed by atoms with E-state index in [1.807, 2.05) is 0 Å². The van der Waals surface area contributed by atoms with E-state index in [-0.39, 0.29) is 11.9 Å². The highest BCUT2D eigenvalue weighted by atomic mass is 16.1. The molecule has 15 heavy (non-hydrogen) atoms. The number of rotatable bonds is 3. The molecular weight excluding hydrogens is 190 g/mol. The lowest BCUT2D eigenvalue weighted by Crippen LogP contribution is -2.37. The lowest BCUT2D eigenvalue weighted by atomic mass is 10.00. The average molecular weight is 207 g/mol. The summed E-state index contributed by atoms with van der Waals surface area (Å²) in [5, 5.41) is 9.43. The van der Waals surface area contributed by atoms with Crippen molar-refractivity contribution in [2.75, 3.05) is 0 Å². The van der Waals surface area contributed by atoms with Crippen LogP contribution in [0.1, 0.15) is 43.0 Å². The number of hydrogen-bond acceptors (Lipinski definition) is 2. The summed E-state index contributed by atoms with van der Waals surface area (Å²) in [5.41, 5.74) is 0.611. The number of H-pyrrole nitrogens is 1. The van der Waals surface area contributed by atoms with Crippen LogP contribution in [0.2, 0.25) is 0 Å². The van der Waals surface area contributed by atoms with E-state index in [0.29, 0.717) is 11.5 Å². The molecule has 1 aromatic heterocycles. The van der Waals surface area contributed by atoms with E-state index in [1.165, 1.54) is 25.7 Å². The van der Waals surface area contributed by atoms with Gasteiger partial charge in [0.15, 0.2) is 0 Å². The lowest BCUT2D eigenvalue weighted by Gasteiger charge is -2.19. The van der Waals surface area contributed by atoms with Crippen LogP contribution in [0.4, 0.5) is 0 Å². The van der Waals surface area contributed by atoms with Crippen molar-refractivity contribution in [2.24, 2.45) is 5.92 Å². The number of carbonyl (C=O) groups is 1. The van der Waals surface area contributed by atoms with Gasteiger partial charge in [0.25, 0.3) is 5.91 Å². The van der Waals surface area contributed by atoms with E-state index in [0.717, 1.165) is 0 Å². The van der Waals surface area contributed by atoms with E-state index >= 15 is 0 Å². The summed E-state index contributed by atoms with van der Waals surface area (Å²) < 4.78 is 0. The zero-order valence-electron chi connectivity index (χ0n) is 8.99. The number of nitrogens with one attached hydrogen (secondary N) is 2. The van der Waals surface area contributed by atoms with E-state index < -0.39 is 0 Å². The first-order chi connectivity index (χ1) is 7.27. The number of amides is 1. The Morgan fingerprint density at radius 1 is 1.60 bits per heavy atom. The van der Waals surface area contributed by atoms with Crippen LogP contribution >= 0.6 is 0 Å². The number of aromatic amines is 1. The van der Waals surface area contributed by atoms with Gasteiger partial charge >= 0.3 is 0 Å². The second-order valence-corrected chi connectivity index (χ2v) is 4.29. The van der Waals surface area contributed by atoms with Gasteiger partial charge in [-0.25, -0.2) is 0 Å². The van der Waals surface area contributed by atoms with Gasteiger partial charge in [0, 0.05) is 12.2 Å². The van der Waals surface area contributed by atoms with Gasteiger partial charge in [-0.15, -0.1) is 0 Å². The second-order valence-electron chi connectivity index (χ2n) is 4.29. The van der Waals surface area contributed by atoms with Crippen molar-refractivity contribution in [3.05, 3.63) is 18.0 Å². The van der Waals surface area contributed by atoms with Crippen LogP contribution in [-0.4, -0.2) is 22.1 Å². The standard InChI is InChI=1S/C11H17N3O/c1-8(9-4-2-3-5-9)14-11(15)10-6-12-13-7-10/h6-9H,2-5H2,1H3,(H,12,13)(H,14,15).